The van der Waals surface area contributed by atoms with Gasteiger partial charge in [0.2, 0.25) is 0 Å². The normalized spacial score (nSPS) is 17.7. The Hall–Kier alpha value is -2.30. The zero-order chi connectivity index (χ0) is 16.8. The molecule has 2 amide bonds. The molecule has 0 spiro atoms. The molecule has 1 atom stereocenters. The highest BCUT2D eigenvalue weighted by Gasteiger charge is 2.24. The number of likely N-dealkylation sites (tertiary alicyclic amines) is 1. The third-order valence-corrected chi connectivity index (χ3v) is 4.58. The molecule has 0 saturated carbocycles. The molecule has 1 unspecified atom stereocenters. The van der Waals surface area contributed by atoms with Gasteiger partial charge in [-0.2, -0.15) is 0 Å². The summed E-state index contributed by atoms with van der Waals surface area (Å²) < 4.78 is 5.74. The minimum absolute atomic E-state index is 0.0351. The van der Waals surface area contributed by atoms with Crippen molar-refractivity contribution in [1.29, 1.82) is 0 Å². The third-order valence-electron chi connectivity index (χ3n) is 4.58. The Morgan fingerprint density at radius 3 is 3.17 bits per heavy atom. The summed E-state index contributed by atoms with van der Waals surface area (Å²) in [6.07, 6.45) is 6.25. The first-order valence-electron chi connectivity index (χ1n) is 8.80. The van der Waals surface area contributed by atoms with Crippen molar-refractivity contribution in [2.75, 3.05) is 19.7 Å². The minimum Gasteiger partial charge on any atom is -0.492 e. The Morgan fingerprint density at radius 2 is 2.29 bits per heavy atom. The van der Waals surface area contributed by atoms with Crippen molar-refractivity contribution in [3.63, 3.8) is 0 Å². The molecule has 1 aromatic heterocycles. The van der Waals surface area contributed by atoms with E-state index in [-0.39, 0.29) is 6.03 Å². The van der Waals surface area contributed by atoms with Crippen LogP contribution in [0.3, 0.4) is 0 Å². The van der Waals surface area contributed by atoms with Gasteiger partial charge in [0.1, 0.15) is 12.4 Å². The van der Waals surface area contributed by atoms with Gasteiger partial charge >= 0.3 is 6.03 Å². The highest BCUT2D eigenvalue weighted by Crippen LogP contribution is 2.20. The number of carbonyl (C=O) groups is 1. The second kappa shape index (κ2) is 7.99. The van der Waals surface area contributed by atoms with E-state index in [1.165, 1.54) is 6.42 Å². The van der Waals surface area contributed by atoms with Crippen LogP contribution in [-0.4, -0.2) is 41.7 Å². The molecule has 0 radical (unpaired) electrons. The van der Waals surface area contributed by atoms with Gasteiger partial charge in [0.05, 0.1) is 12.1 Å². The fraction of sp³-hybridized carbons (Fsp3) is 0.474. The van der Waals surface area contributed by atoms with E-state index in [1.807, 2.05) is 35.2 Å². The largest absolute Gasteiger partial charge is 0.492 e. The Bertz CT molecular complexity index is 689. The predicted molar refractivity (Wildman–Crippen MR) is 95.3 cm³/mol. The molecule has 1 saturated heterocycles. The molecule has 0 bridgehead atoms. The fourth-order valence-electron chi connectivity index (χ4n) is 3.26. The molecule has 1 N–H and O–H groups in total. The first-order valence-corrected chi connectivity index (χ1v) is 8.80. The average molecular weight is 327 g/mol. The number of rotatable bonds is 5. The number of urea groups is 1. The van der Waals surface area contributed by atoms with E-state index < -0.39 is 0 Å². The van der Waals surface area contributed by atoms with Gasteiger partial charge < -0.3 is 15.0 Å². The summed E-state index contributed by atoms with van der Waals surface area (Å²) in [4.78, 5) is 18.6. The fourth-order valence-corrected chi connectivity index (χ4v) is 3.26. The van der Waals surface area contributed by atoms with E-state index in [4.69, 9.17) is 4.74 Å². The zero-order valence-electron chi connectivity index (χ0n) is 14.2. The monoisotopic (exact) mass is 327 g/mol. The number of nitrogens with one attached hydrogen (secondary N) is 1. The molecule has 1 aliphatic heterocycles. The second-order valence-electron chi connectivity index (χ2n) is 6.19. The van der Waals surface area contributed by atoms with Gasteiger partial charge in [0.25, 0.3) is 0 Å². The highest BCUT2D eigenvalue weighted by molar-refractivity contribution is 5.79. The van der Waals surface area contributed by atoms with Crippen LogP contribution in [0.25, 0.3) is 10.9 Å². The molecule has 5 heteroatoms. The molecule has 24 heavy (non-hydrogen) atoms. The Kier molecular flexibility index (Phi) is 5.51. The number of ether oxygens (including phenoxy) is 1. The van der Waals surface area contributed by atoms with Crippen LogP contribution in [0.1, 0.15) is 32.6 Å². The molecule has 2 aromatic rings. The van der Waals surface area contributed by atoms with Crippen molar-refractivity contribution >= 4 is 16.9 Å². The minimum atomic E-state index is 0.0351. The number of piperidine rings is 1. The van der Waals surface area contributed by atoms with Crippen LogP contribution in [0.5, 0.6) is 5.75 Å². The summed E-state index contributed by atoms with van der Waals surface area (Å²) >= 11 is 0. The molecule has 5 nitrogen and oxygen atoms in total. The number of benzene rings is 1. The van der Waals surface area contributed by atoms with E-state index in [0.717, 1.165) is 42.5 Å². The number of fused-ring (bicyclic) bond motifs is 1. The number of hydrogen-bond acceptors (Lipinski definition) is 3. The van der Waals surface area contributed by atoms with E-state index in [9.17, 15) is 4.79 Å². The molecule has 1 fully saturated rings. The van der Waals surface area contributed by atoms with Crippen molar-refractivity contribution in [2.45, 2.75) is 38.6 Å². The molecule has 2 heterocycles. The first kappa shape index (κ1) is 16.6. The Balaban J connectivity index is 1.46. The number of amides is 2. The van der Waals surface area contributed by atoms with Gasteiger partial charge in [-0.3, -0.25) is 4.98 Å². The number of hydrogen-bond donors (Lipinski definition) is 1. The summed E-state index contributed by atoms with van der Waals surface area (Å²) in [7, 11) is 0. The van der Waals surface area contributed by atoms with Crippen LogP contribution >= 0.6 is 0 Å². The van der Waals surface area contributed by atoms with Crippen molar-refractivity contribution in [1.82, 2.24) is 15.2 Å². The maximum atomic E-state index is 12.3. The van der Waals surface area contributed by atoms with Crippen molar-refractivity contribution < 1.29 is 9.53 Å². The van der Waals surface area contributed by atoms with E-state index >= 15 is 0 Å². The lowest BCUT2D eigenvalue weighted by Crippen LogP contribution is -2.49. The van der Waals surface area contributed by atoms with Crippen LogP contribution < -0.4 is 10.1 Å². The second-order valence-corrected chi connectivity index (χ2v) is 6.19. The van der Waals surface area contributed by atoms with E-state index in [2.05, 4.69) is 17.2 Å². The van der Waals surface area contributed by atoms with Gasteiger partial charge in [-0.05, 0) is 49.9 Å². The van der Waals surface area contributed by atoms with Crippen LogP contribution in [0.2, 0.25) is 0 Å². The van der Waals surface area contributed by atoms with Crippen LogP contribution in [0.15, 0.2) is 36.5 Å². The molecular formula is C19H25N3O2. The highest BCUT2D eigenvalue weighted by atomic mass is 16.5. The Morgan fingerprint density at radius 1 is 1.38 bits per heavy atom. The summed E-state index contributed by atoms with van der Waals surface area (Å²) in [5, 5.41) is 4.03. The summed E-state index contributed by atoms with van der Waals surface area (Å²) in [5.41, 5.74) is 0.953. The third kappa shape index (κ3) is 3.96. The number of carbonyl (C=O) groups excluding carboxylic acids is 1. The van der Waals surface area contributed by atoms with Crippen molar-refractivity contribution in [2.24, 2.45) is 0 Å². The smallest absolute Gasteiger partial charge is 0.317 e. The van der Waals surface area contributed by atoms with Gasteiger partial charge in [-0.25, -0.2) is 4.79 Å². The lowest BCUT2D eigenvalue weighted by molar-refractivity contribution is 0.147. The lowest BCUT2D eigenvalue weighted by Gasteiger charge is -2.35. The predicted octanol–water partition coefficient (Wildman–Crippen LogP) is 3.59. The van der Waals surface area contributed by atoms with Crippen molar-refractivity contribution in [3.8, 4) is 5.75 Å². The number of aromatic nitrogens is 1. The van der Waals surface area contributed by atoms with Gasteiger partial charge in [-0.15, -0.1) is 0 Å². The average Bonchev–Trinajstić information content (AvgIpc) is 2.65. The molecule has 3 rings (SSSR count). The summed E-state index contributed by atoms with van der Waals surface area (Å²) in [5.74, 6) is 0.800. The summed E-state index contributed by atoms with van der Waals surface area (Å²) in [6, 6.07) is 10.2. The van der Waals surface area contributed by atoms with Gasteiger partial charge in [-0.1, -0.05) is 13.0 Å². The topological polar surface area (TPSA) is 54.5 Å². The molecule has 128 valence electrons. The van der Waals surface area contributed by atoms with Crippen LogP contribution in [0.4, 0.5) is 4.79 Å². The molecule has 1 aromatic carbocycles. The maximum Gasteiger partial charge on any atom is 0.317 e. The van der Waals surface area contributed by atoms with Crippen LogP contribution in [-0.2, 0) is 0 Å². The van der Waals surface area contributed by atoms with Crippen molar-refractivity contribution in [3.05, 3.63) is 36.5 Å². The zero-order valence-corrected chi connectivity index (χ0v) is 14.2. The molecule has 1 aliphatic rings. The lowest BCUT2D eigenvalue weighted by atomic mass is 10.0. The van der Waals surface area contributed by atoms with E-state index in [0.29, 0.717) is 19.2 Å². The molecular weight excluding hydrogens is 302 g/mol. The maximum absolute atomic E-state index is 12.3. The Labute approximate surface area is 143 Å². The summed E-state index contributed by atoms with van der Waals surface area (Å²) in [6.45, 7) is 3.98. The SMILES string of the molecule is CCC1CCCCN1C(=O)NCCOc1ccc2ncccc2c1. The van der Waals surface area contributed by atoms with Gasteiger partial charge in [0.15, 0.2) is 0 Å². The molecule has 0 aliphatic carbocycles. The first-order chi connectivity index (χ1) is 11.8. The number of pyridine rings is 1. The standard InChI is InChI=1S/C19H25N3O2/c1-2-16-7-3-4-12-22(16)19(23)21-11-13-24-17-8-9-18-15(14-17)6-5-10-20-18/h5-6,8-10,14,16H,2-4,7,11-13H2,1H3,(H,21,23). The van der Waals surface area contributed by atoms with Gasteiger partial charge in [0, 0.05) is 24.2 Å². The van der Waals surface area contributed by atoms with E-state index in [1.54, 1.807) is 6.20 Å². The quantitative estimate of drug-likeness (QED) is 0.854. The van der Waals surface area contributed by atoms with Crippen LogP contribution in [0, 0.1) is 0 Å². The number of nitrogens with zero attached hydrogens (tertiary/aromatic N) is 2.